The van der Waals surface area contributed by atoms with Gasteiger partial charge < -0.3 is 20.8 Å². The average Bonchev–Trinajstić information content (AvgIpc) is 3.50. The lowest BCUT2D eigenvalue weighted by atomic mass is 9.90. The number of carbonyl (C=O) groups excluding carboxylic acids is 1. The average molecular weight is 547 g/mol. The van der Waals surface area contributed by atoms with Crippen LogP contribution < -0.4 is 11.1 Å². The molecule has 12 heteroatoms. The molecule has 4 N–H and O–H groups in total. The molecule has 2 aromatic heterocycles. The van der Waals surface area contributed by atoms with Gasteiger partial charge in [-0.3, -0.25) is 0 Å². The zero-order valence-electron chi connectivity index (χ0n) is 21.1. The summed E-state index contributed by atoms with van der Waals surface area (Å²) in [6.07, 6.45) is 11.5. The highest BCUT2D eigenvalue weighted by molar-refractivity contribution is 7.89. The molecule has 1 aliphatic heterocycles. The summed E-state index contributed by atoms with van der Waals surface area (Å²) in [5.74, 6) is 1.08. The Balaban J connectivity index is 0.000000405. The van der Waals surface area contributed by atoms with E-state index in [1.54, 1.807) is 47.9 Å². The number of nitrogens with two attached hydrogens (primary N) is 1. The molecule has 1 amide bonds. The van der Waals surface area contributed by atoms with Gasteiger partial charge in [0.1, 0.15) is 0 Å². The third-order valence-corrected chi connectivity index (χ3v) is 9.40. The number of amides is 1. The summed E-state index contributed by atoms with van der Waals surface area (Å²) in [5, 5.41) is 4.28. The van der Waals surface area contributed by atoms with Crippen LogP contribution >= 0.6 is 11.3 Å². The number of aromatic nitrogens is 3. The van der Waals surface area contributed by atoms with Gasteiger partial charge in [-0.15, -0.1) is 11.3 Å². The van der Waals surface area contributed by atoms with Crippen LogP contribution in [0.5, 0.6) is 0 Å². The third-order valence-electron chi connectivity index (χ3n) is 6.27. The number of benzene rings is 1. The number of imidazole rings is 1. The van der Waals surface area contributed by atoms with Crippen molar-refractivity contribution in [2.75, 3.05) is 18.4 Å². The first-order chi connectivity index (χ1) is 17.7. The molecule has 0 bridgehead atoms. The molecule has 2 fully saturated rings. The number of carbonyl (C=O) groups is 1. The molecular weight excluding hydrogens is 512 g/mol. The highest BCUT2D eigenvalue weighted by Gasteiger charge is 2.32. The van der Waals surface area contributed by atoms with Gasteiger partial charge in [0.25, 0.3) is 0 Å². The zero-order chi connectivity index (χ0) is 26.4. The van der Waals surface area contributed by atoms with E-state index in [4.69, 9.17) is 0 Å². The summed E-state index contributed by atoms with van der Waals surface area (Å²) in [6, 6.07) is 5.49. The number of hydrogen-bond acceptors (Lipinski definition) is 8. The second-order valence-electron chi connectivity index (χ2n) is 9.41. The maximum Gasteiger partial charge on any atom is 0.404 e. The van der Waals surface area contributed by atoms with E-state index in [0.717, 1.165) is 21.9 Å². The molecule has 1 aromatic carbocycles. The summed E-state index contributed by atoms with van der Waals surface area (Å²) < 4.78 is 32.6. The Morgan fingerprint density at radius 1 is 1.19 bits per heavy atom. The van der Waals surface area contributed by atoms with Crippen molar-refractivity contribution in [3.8, 4) is 10.4 Å². The van der Waals surface area contributed by atoms with Crippen LogP contribution in [-0.4, -0.2) is 53.0 Å². The molecule has 1 aliphatic carbocycles. The van der Waals surface area contributed by atoms with E-state index in [0.29, 0.717) is 35.5 Å². The maximum absolute atomic E-state index is 13.3. The summed E-state index contributed by atoms with van der Waals surface area (Å²) in [4.78, 5) is 22.9. The molecule has 0 atom stereocenters. The lowest BCUT2D eigenvalue weighted by Crippen LogP contribution is -2.42. The van der Waals surface area contributed by atoms with Gasteiger partial charge in [0.15, 0.2) is 0 Å². The van der Waals surface area contributed by atoms with E-state index >= 15 is 0 Å². The van der Waals surface area contributed by atoms with Gasteiger partial charge >= 0.3 is 6.09 Å². The van der Waals surface area contributed by atoms with Crippen molar-refractivity contribution in [3.05, 3.63) is 41.8 Å². The minimum atomic E-state index is -3.56. The van der Waals surface area contributed by atoms with Crippen LogP contribution in [0.3, 0.4) is 0 Å². The van der Waals surface area contributed by atoms with Gasteiger partial charge in [0.2, 0.25) is 16.0 Å². The first kappa shape index (κ1) is 27.1. The van der Waals surface area contributed by atoms with E-state index in [1.807, 2.05) is 18.3 Å². The van der Waals surface area contributed by atoms with Gasteiger partial charge in [-0.05, 0) is 45.2 Å². The van der Waals surface area contributed by atoms with Crippen molar-refractivity contribution in [1.82, 2.24) is 19.3 Å². The van der Waals surface area contributed by atoms with Crippen LogP contribution in [-0.2, 0) is 14.8 Å². The molecule has 200 valence electrons. The Kier molecular flexibility index (Phi) is 8.83. The third kappa shape index (κ3) is 6.88. The topological polar surface area (TPSA) is 143 Å². The Bertz CT molecular complexity index is 1280. The number of rotatable bonds is 7. The molecular formula is C25H34N6O4S2. The SMILES string of the molecule is CC(C)OC(N)=O.O=S(=O)(c1cc(Nc2ncc[nH]2)ccc1-c1cnc(C2CCCCC2)s1)N1CCC1. The van der Waals surface area contributed by atoms with Crippen molar-refractivity contribution in [1.29, 1.82) is 0 Å². The quantitative estimate of drug-likeness (QED) is 0.369. The number of nitrogens with one attached hydrogen (secondary N) is 2. The molecule has 2 aliphatic rings. The summed E-state index contributed by atoms with van der Waals surface area (Å²) in [7, 11) is -3.56. The predicted molar refractivity (Wildman–Crippen MR) is 144 cm³/mol. The Hall–Kier alpha value is -2.96. The van der Waals surface area contributed by atoms with Crippen molar-refractivity contribution < 1.29 is 17.9 Å². The molecule has 10 nitrogen and oxygen atoms in total. The molecule has 0 radical (unpaired) electrons. The van der Waals surface area contributed by atoms with Gasteiger partial charge in [0.05, 0.1) is 20.9 Å². The van der Waals surface area contributed by atoms with Crippen LogP contribution in [0.1, 0.15) is 63.3 Å². The van der Waals surface area contributed by atoms with Crippen LogP contribution in [0.25, 0.3) is 10.4 Å². The van der Waals surface area contributed by atoms with Crippen LogP contribution in [0.2, 0.25) is 0 Å². The van der Waals surface area contributed by atoms with Gasteiger partial charge in [-0.25, -0.2) is 23.2 Å². The monoisotopic (exact) mass is 546 g/mol. The minimum absolute atomic E-state index is 0.0995. The zero-order valence-corrected chi connectivity index (χ0v) is 22.8. The molecule has 3 heterocycles. The Labute approximate surface area is 221 Å². The first-order valence-corrected chi connectivity index (χ1v) is 14.8. The van der Waals surface area contributed by atoms with Crippen LogP contribution in [0.15, 0.2) is 41.7 Å². The normalized spacial score (nSPS) is 16.5. The standard InChI is InChI=1S/C21H25N5O2S2.C4H9NO2/c27-30(28,26-11-4-12-26)19-13-16(25-21-22-9-10-23-21)7-8-17(19)18-14-24-20(29-18)15-5-2-1-3-6-15;1-3(2)7-4(5)6/h7-10,13-15H,1-6,11-12H2,(H2,22,23,25);3H,1-2H3,(H2,5,6). The molecule has 3 aromatic rings. The second-order valence-corrected chi connectivity index (χ2v) is 12.4. The summed E-state index contributed by atoms with van der Waals surface area (Å²) in [6.45, 7) is 4.64. The fraction of sp³-hybridized carbons (Fsp3) is 0.480. The number of thiazole rings is 1. The number of aromatic amines is 1. The van der Waals surface area contributed by atoms with Crippen molar-refractivity contribution in [3.63, 3.8) is 0 Å². The van der Waals surface area contributed by atoms with Crippen molar-refractivity contribution in [2.24, 2.45) is 5.73 Å². The Morgan fingerprint density at radius 2 is 1.95 bits per heavy atom. The van der Waals surface area contributed by atoms with Gasteiger partial charge in [-0.1, -0.05) is 25.3 Å². The molecule has 37 heavy (non-hydrogen) atoms. The highest BCUT2D eigenvalue weighted by atomic mass is 32.2. The molecule has 5 rings (SSSR count). The second kappa shape index (κ2) is 12.1. The molecule has 1 saturated heterocycles. The van der Waals surface area contributed by atoms with Crippen LogP contribution in [0, 0.1) is 0 Å². The smallest absolute Gasteiger partial charge is 0.404 e. The van der Waals surface area contributed by atoms with Crippen molar-refractivity contribution in [2.45, 2.75) is 69.3 Å². The van der Waals surface area contributed by atoms with Gasteiger partial charge in [0, 0.05) is 48.8 Å². The molecule has 0 unspecified atom stereocenters. The van der Waals surface area contributed by atoms with E-state index in [9.17, 15) is 13.2 Å². The number of anilines is 2. The number of hydrogen-bond donors (Lipinski definition) is 3. The maximum atomic E-state index is 13.3. The Morgan fingerprint density at radius 3 is 2.51 bits per heavy atom. The highest BCUT2D eigenvalue weighted by Crippen LogP contribution is 2.40. The number of nitrogens with zero attached hydrogens (tertiary/aromatic N) is 3. The van der Waals surface area contributed by atoms with Crippen LogP contribution in [0.4, 0.5) is 16.4 Å². The van der Waals surface area contributed by atoms with Gasteiger partial charge in [-0.2, -0.15) is 4.31 Å². The fourth-order valence-corrected chi connectivity index (χ4v) is 7.28. The fourth-order valence-electron chi connectivity index (χ4n) is 4.34. The number of primary amides is 1. The summed E-state index contributed by atoms with van der Waals surface area (Å²) >= 11 is 1.64. The first-order valence-electron chi connectivity index (χ1n) is 12.6. The van der Waals surface area contributed by atoms with E-state index in [-0.39, 0.29) is 6.10 Å². The molecule has 0 spiro atoms. The number of sulfonamides is 1. The predicted octanol–water partition coefficient (Wildman–Crippen LogP) is 5.21. The largest absolute Gasteiger partial charge is 0.447 e. The minimum Gasteiger partial charge on any atom is -0.447 e. The summed E-state index contributed by atoms with van der Waals surface area (Å²) in [5.41, 5.74) is 6.05. The van der Waals surface area contributed by atoms with E-state index < -0.39 is 16.1 Å². The lowest BCUT2D eigenvalue weighted by molar-refractivity contribution is 0.125. The van der Waals surface area contributed by atoms with Crippen molar-refractivity contribution >= 4 is 39.1 Å². The number of H-pyrrole nitrogens is 1. The van der Waals surface area contributed by atoms with E-state index in [1.165, 1.54) is 32.1 Å². The van der Waals surface area contributed by atoms with E-state index in [2.05, 4.69) is 30.7 Å². The number of ether oxygens (including phenoxy) is 1. The lowest BCUT2D eigenvalue weighted by Gasteiger charge is -2.30. The molecule has 1 saturated carbocycles.